The molecule has 3 nitrogen and oxygen atoms in total. The zero-order valence-corrected chi connectivity index (χ0v) is 13.2. The van der Waals surface area contributed by atoms with Crippen molar-refractivity contribution >= 4 is 18.3 Å². The zero-order chi connectivity index (χ0) is 13.2. The molecule has 116 valence electrons. The summed E-state index contributed by atoms with van der Waals surface area (Å²) >= 11 is 0. The van der Waals surface area contributed by atoms with Gasteiger partial charge in [0.05, 0.1) is 0 Å². The molecule has 0 radical (unpaired) electrons. The second-order valence-corrected chi connectivity index (χ2v) is 7.06. The maximum atomic E-state index is 12.3. The van der Waals surface area contributed by atoms with Crippen LogP contribution in [-0.4, -0.2) is 18.5 Å². The Morgan fingerprint density at radius 3 is 2.45 bits per heavy atom. The van der Waals surface area contributed by atoms with Crippen LogP contribution in [-0.2, 0) is 4.79 Å². The standard InChI is InChI=1S/C16H28N2O.ClH/c17-15(12-6-7-12)10-18-16(19)14-8-5-11-3-1-2-4-13(11)9-14;/h11-15H,1-10,17H2,(H,18,19);1H. The van der Waals surface area contributed by atoms with E-state index in [0.717, 1.165) is 24.7 Å². The second kappa shape index (κ2) is 7.13. The van der Waals surface area contributed by atoms with Crippen LogP contribution in [0.3, 0.4) is 0 Å². The predicted molar refractivity (Wildman–Crippen MR) is 83.7 cm³/mol. The average Bonchev–Trinajstić information content (AvgIpc) is 3.28. The van der Waals surface area contributed by atoms with Gasteiger partial charge in [-0.3, -0.25) is 4.79 Å². The Bertz CT molecular complexity index is 332. The van der Waals surface area contributed by atoms with Crippen LogP contribution in [0.2, 0.25) is 0 Å². The van der Waals surface area contributed by atoms with Crippen LogP contribution in [0.5, 0.6) is 0 Å². The summed E-state index contributed by atoms with van der Waals surface area (Å²) in [4.78, 5) is 12.3. The summed E-state index contributed by atoms with van der Waals surface area (Å²) in [6, 6.07) is 0.190. The monoisotopic (exact) mass is 300 g/mol. The molecule has 3 aliphatic rings. The number of fused-ring (bicyclic) bond motifs is 1. The van der Waals surface area contributed by atoms with Crippen LogP contribution >= 0.6 is 12.4 Å². The molecule has 0 spiro atoms. The van der Waals surface area contributed by atoms with Crippen molar-refractivity contribution in [3.8, 4) is 0 Å². The molecule has 20 heavy (non-hydrogen) atoms. The van der Waals surface area contributed by atoms with Crippen LogP contribution in [0.4, 0.5) is 0 Å². The molecule has 3 rings (SSSR count). The fourth-order valence-corrected chi connectivity index (χ4v) is 4.17. The van der Waals surface area contributed by atoms with Crippen LogP contribution in [0.25, 0.3) is 0 Å². The third kappa shape index (κ3) is 3.88. The molecular formula is C16H29ClN2O. The summed E-state index contributed by atoms with van der Waals surface area (Å²) in [6.45, 7) is 0.689. The highest BCUT2D eigenvalue weighted by atomic mass is 35.5. The number of nitrogens with two attached hydrogens (primary N) is 1. The van der Waals surface area contributed by atoms with Crippen molar-refractivity contribution in [1.82, 2.24) is 5.32 Å². The van der Waals surface area contributed by atoms with Crippen LogP contribution in [0, 0.1) is 23.7 Å². The van der Waals surface area contributed by atoms with Gasteiger partial charge in [-0.2, -0.15) is 0 Å². The lowest BCUT2D eigenvalue weighted by atomic mass is 9.67. The number of halogens is 1. The van der Waals surface area contributed by atoms with Crippen molar-refractivity contribution in [3.63, 3.8) is 0 Å². The largest absolute Gasteiger partial charge is 0.354 e. The molecule has 4 unspecified atom stereocenters. The van der Waals surface area contributed by atoms with Gasteiger partial charge in [0.25, 0.3) is 0 Å². The van der Waals surface area contributed by atoms with Gasteiger partial charge in [-0.15, -0.1) is 12.4 Å². The first kappa shape index (κ1) is 16.1. The molecule has 0 heterocycles. The minimum Gasteiger partial charge on any atom is -0.354 e. The summed E-state index contributed by atoms with van der Waals surface area (Å²) < 4.78 is 0. The van der Waals surface area contributed by atoms with E-state index in [1.807, 2.05) is 0 Å². The summed E-state index contributed by atoms with van der Waals surface area (Å²) in [5, 5.41) is 3.11. The molecule has 0 aromatic rings. The van der Waals surface area contributed by atoms with Crippen molar-refractivity contribution in [2.24, 2.45) is 29.4 Å². The molecule has 3 fully saturated rings. The number of carbonyl (C=O) groups excluding carboxylic acids is 1. The molecule has 3 N–H and O–H groups in total. The number of nitrogens with one attached hydrogen (secondary N) is 1. The summed E-state index contributed by atoms with van der Waals surface area (Å²) in [6.07, 6.45) is 11.6. The maximum Gasteiger partial charge on any atom is 0.223 e. The maximum absolute atomic E-state index is 12.3. The molecule has 0 aromatic carbocycles. The van der Waals surface area contributed by atoms with Gasteiger partial charge in [0.1, 0.15) is 0 Å². The molecule has 4 atom stereocenters. The molecule has 0 aliphatic heterocycles. The SMILES string of the molecule is Cl.NC(CNC(=O)C1CCC2CCCCC2C1)C1CC1. The van der Waals surface area contributed by atoms with Crippen LogP contribution < -0.4 is 11.1 Å². The van der Waals surface area contributed by atoms with Crippen molar-refractivity contribution < 1.29 is 4.79 Å². The van der Waals surface area contributed by atoms with Gasteiger partial charge >= 0.3 is 0 Å². The van der Waals surface area contributed by atoms with Crippen molar-refractivity contribution in [3.05, 3.63) is 0 Å². The highest BCUT2D eigenvalue weighted by Crippen LogP contribution is 2.42. The molecule has 0 bridgehead atoms. The summed E-state index contributed by atoms with van der Waals surface area (Å²) in [5.41, 5.74) is 6.05. The van der Waals surface area contributed by atoms with Gasteiger partial charge in [-0.25, -0.2) is 0 Å². The van der Waals surface area contributed by atoms with Gasteiger partial charge in [0.15, 0.2) is 0 Å². The molecule has 3 aliphatic carbocycles. The van der Waals surface area contributed by atoms with Gasteiger partial charge in [0, 0.05) is 18.5 Å². The second-order valence-electron chi connectivity index (χ2n) is 7.06. The van der Waals surface area contributed by atoms with E-state index >= 15 is 0 Å². The Balaban J connectivity index is 0.00000147. The third-order valence-corrected chi connectivity index (χ3v) is 5.65. The first-order valence-electron chi connectivity index (χ1n) is 8.27. The van der Waals surface area contributed by atoms with E-state index in [1.165, 1.54) is 44.9 Å². The van der Waals surface area contributed by atoms with Crippen molar-refractivity contribution in [2.45, 2.75) is 63.8 Å². The normalized spacial score (nSPS) is 34.5. The smallest absolute Gasteiger partial charge is 0.223 e. The Labute approximate surface area is 128 Å². The summed E-state index contributed by atoms with van der Waals surface area (Å²) in [5.74, 6) is 2.97. The minimum absolute atomic E-state index is 0. The molecule has 3 saturated carbocycles. The van der Waals surface area contributed by atoms with Gasteiger partial charge in [-0.05, 0) is 49.9 Å². The van der Waals surface area contributed by atoms with Crippen LogP contribution in [0.1, 0.15) is 57.8 Å². The Hall–Kier alpha value is -0.280. The Kier molecular flexibility index (Phi) is 5.74. The van der Waals surface area contributed by atoms with E-state index in [9.17, 15) is 4.79 Å². The minimum atomic E-state index is 0. The lowest BCUT2D eigenvalue weighted by molar-refractivity contribution is -0.127. The lowest BCUT2D eigenvalue weighted by Gasteiger charge is -2.38. The number of rotatable bonds is 4. The highest BCUT2D eigenvalue weighted by Gasteiger charge is 2.35. The number of hydrogen-bond acceptors (Lipinski definition) is 2. The van der Waals surface area contributed by atoms with Gasteiger partial charge in [-0.1, -0.05) is 25.7 Å². The first-order chi connectivity index (χ1) is 9.24. The topological polar surface area (TPSA) is 55.1 Å². The van der Waals surface area contributed by atoms with E-state index < -0.39 is 0 Å². The van der Waals surface area contributed by atoms with Crippen LogP contribution in [0.15, 0.2) is 0 Å². The van der Waals surface area contributed by atoms with Crippen molar-refractivity contribution in [1.29, 1.82) is 0 Å². The molecule has 0 aromatic heterocycles. The van der Waals surface area contributed by atoms with E-state index in [4.69, 9.17) is 5.73 Å². The third-order valence-electron chi connectivity index (χ3n) is 5.65. The summed E-state index contributed by atoms with van der Waals surface area (Å²) in [7, 11) is 0. The number of hydrogen-bond donors (Lipinski definition) is 2. The average molecular weight is 301 g/mol. The van der Waals surface area contributed by atoms with E-state index in [1.54, 1.807) is 0 Å². The quantitative estimate of drug-likeness (QED) is 0.839. The van der Waals surface area contributed by atoms with Gasteiger partial charge in [0.2, 0.25) is 5.91 Å². The van der Waals surface area contributed by atoms with Gasteiger partial charge < -0.3 is 11.1 Å². The van der Waals surface area contributed by atoms with Crippen molar-refractivity contribution in [2.75, 3.05) is 6.54 Å². The zero-order valence-electron chi connectivity index (χ0n) is 12.4. The van der Waals surface area contributed by atoms with E-state index in [0.29, 0.717) is 12.5 Å². The molecule has 1 amide bonds. The molecular weight excluding hydrogens is 272 g/mol. The lowest BCUT2D eigenvalue weighted by Crippen LogP contribution is -2.43. The molecule has 4 heteroatoms. The fourth-order valence-electron chi connectivity index (χ4n) is 4.17. The number of carbonyl (C=O) groups is 1. The predicted octanol–water partition coefficient (Wildman–Crippen LogP) is 2.87. The first-order valence-corrected chi connectivity index (χ1v) is 8.27. The highest BCUT2D eigenvalue weighted by molar-refractivity contribution is 5.85. The Morgan fingerprint density at radius 1 is 1.05 bits per heavy atom. The molecule has 0 saturated heterocycles. The number of amides is 1. The van der Waals surface area contributed by atoms with E-state index in [2.05, 4.69) is 5.32 Å². The fraction of sp³-hybridized carbons (Fsp3) is 0.938. The van der Waals surface area contributed by atoms with E-state index in [-0.39, 0.29) is 30.3 Å². The Morgan fingerprint density at radius 2 is 1.75 bits per heavy atom.